The molecule has 276 valence electrons. The van der Waals surface area contributed by atoms with E-state index in [1.165, 1.54) is 90.8 Å². The minimum absolute atomic E-state index is 0.521. The Balaban J connectivity index is 1.07. The van der Waals surface area contributed by atoms with Crippen molar-refractivity contribution in [2.24, 2.45) is 0 Å². The molecule has 2 nitrogen and oxygen atoms in total. The van der Waals surface area contributed by atoms with Gasteiger partial charge in [0.15, 0.2) is 0 Å². The number of hydrogen-bond acceptors (Lipinski definition) is 3. The van der Waals surface area contributed by atoms with Gasteiger partial charge < -0.3 is 9.47 Å². The molecule has 0 fully saturated rings. The van der Waals surface area contributed by atoms with Crippen molar-refractivity contribution in [1.29, 1.82) is 0 Å². The van der Waals surface area contributed by atoms with Gasteiger partial charge in [0.1, 0.15) is 0 Å². The van der Waals surface area contributed by atoms with Crippen molar-refractivity contribution >= 4 is 82.1 Å². The van der Waals surface area contributed by atoms with Gasteiger partial charge in [-0.15, -0.1) is 11.3 Å². The highest BCUT2D eigenvalue weighted by atomic mass is 32.2. The highest BCUT2D eigenvalue weighted by Crippen LogP contribution is 2.61. The molecule has 13 rings (SSSR count). The van der Waals surface area contributed by atoms with Gasteiger partial charge in [0.05, 0.1) is 22.1 Å². The van der Waals surface area contributed by atoms with Gasteiger partial charge in [-0.3, -0.25) is 0 Å². The molecule has 0 aliphatic carbocycles. The van der Waals surface area contributed by atoms with Gasteiger partial charge in [0.25, 0.3) is 0 Å². The SMILES string of the molecule is c1ccc(-c2ccc(N(c3ccc4c(c3)Sc3ccccc3C43c4ccccc4-n4c5ccccc5c5cccc3c54)c3ccc4sc5ccccc5c4c3)cc2)cc1. The maximum Gasteiger partial charge on any atom is 0.0764 e. The van der Waals surface area contributed by atoms with E-state index in [2.05, 4.69) is 216 Å². The Morgan fingerprint density at radius 3 is 1.92 bits per heavy atom. The Morgan fingerprint density at radius 1 is 0.390 bits per heavy atom. The maximum absolute atomic E-state index is 2.52. The molecule has 0 radical (unpaired) electrons. The number of aromatic nitrogens is 1. The first-order chi connectivity index (χ1) is 29.3. The third-order valence-electron chi connectivity index (χ3n) is 12.6. The van der Waals surface area contributed by atoms with E-state index < -0.39 is 5.41 Å². The van der Waals surface area contributed by atoms with Crippen LogP contribution in [0.2, 0.25) is 0 Å². The second kappa shape index (κ2) is 12.6. The third-order valence-corrected chi connectivity index (χ3v) is 14.9. The number of para-hydroxylation sites is 3. The third kappa shape index (κ3) is 4.64. The van der Waals surface area contributed by atoms with Crippen molar-refractivity contribution in [2.75, 3.05) is 4.90 Å². The fourth-order valence-electron chi connectivity index (χ4n) is 10.2. The summed E-state index contributed by atoms with van der Waals surface area (Å²) in [7, 11) is 0. The van der Waals surface area contributed by atoms with E-state index in [0.717, 1.165) is 17.1 Å². The number of hydrogen-bond donors (Lipinski definition) is 0. The predicted molar refractivity (Wildman–Crippen MR) is 250 cm³/mol. The summed E-state index contributed by atoms with van der Waals surface area (Å²) in [6.45, 7) is 0. The van der Waals surface area contributed by atoms with Gasteiger partial charge in [0.2, 0.25) is 0 Å². The fourth-order valence-corrected chi connectivity index (χ4v) is 12.5. The Bertz CT molecular complexity index is 3490. The Labute approximate surface area is 350 Å². The summed E-state index contributed by atoms with van der Waals surface area (Å²) in [5.74, 6) is 0. The van der Waals surface area contributed by atoms with E-state index in [-0.39, 0.29) is 0 Å². The van der Waals surface area contributed by atoms with Gasteiger partial charge in [-0.25, -0.2) is 0 Å². The Morgan fingerprint density at radius 2 is 1.02 bits per heavy atom. The zero-order valence-electron chi connectivity index (χ0n) is 31.8. The molecule has 0 N–H and O–H groups in total. The van der Waals surface area contributed by atoms with Crippen molar-refractivity contribution in [3.63, 3.8) is 0 Å². The molecule has 0 bridgehead atoms. The molecule has 2 aliphatic rings. The number of rotatable bonds is 4. The first-order valence-corrected chi connectivity index (χ1v) is 21.8. The molecule has 11 aromatic rings. The first-order valence-electron chi connectivity index (χ1n) is 20.2. The van der Waals surface area contributed by atoms with Crippen LogP contribution in [0.4, 0.5) is 17.1 Å². The molecule has 1 spiro atoms. The van der Waals surface area contributed by atoms with Crippen LogP contribution < -0.4 is 4.90 Å². The van der Waals surface area contributed by atoms with Crippen LogP contribution in [0.15, 0.2) is 216 Å². The standard InChI is InChI=1S/C55H34N2S2/c1-2-13-35(14-3-1)36-25-27-37(28-26-36)56(38-30-32-51-43(33-38)41-16-5-10-23-50(41)58-51)39-29-31-46-53(34-39)59-52-24-11-7-19-45(52)55(46)44-18-6-9-22-49(44)57-48-21-8-4-15-40(48)42-17-12-20-47(55)54(42)57/h1-34H. The molecule has 1 unspecified atom stereocenters. The van der Waals surface area contributed by atoms with Crippen LogP contribution in [0.25, 0.3) is 58.8 Å². The van der Waals surface area contributed by atoms with Gasteiger partial charge in [0, 0.05) is 57.8 Å². The molecule has 0 saturated heterocycles. The van der Waals surface area contributed by atoms with Crippen LogP contribution in [-0.4, -0.2) is 4.57 Å². The molecule has 1 atom stereocenters. The van der Waals surface area contributed by atoms with E-state index >= 15 is 0 Å². The zero-order chi connectivity index (χ0) is 38.7. The summed E-state index contributed by atoms with van der Waals surface area (Å²) in [4.78, 5) is 5.01. The van der Waals surface area contributed by atoms with E-state index in [0.29, 0.717) is 0 Å². The lowest BCUT2D eigenvalue weighted by Gasteiger charge is -2.45. The molecule has 0 saturated carbocycles. The lowest BCUT2D eigenvalue weighted by molar-refractivity contribution is 0.689. The number of thiophene rings is 1. The van der Waals surface area contributed by atoms with Crippen LogP contribution in [-0.2, 0) is 5.41 Å². The number of benzene rings is 9. The highest BCUT2D eigenvalue weighted by Gasteiger charge is 2.49. The number of anilines is 3. The summed E-state index contributed by atoms with van der Waals surface area (Å²) in [6, 6.07) is 76.8. The molecule has 59 heavy (non-hydrogen) atoms. The molecule has 2 aliphatic heterocycles. The smallest absolute Gasteiger partial charge is 0.0764 e. The lowest BCUT2D eigenvalue weighted by atomic mass is 9.63. The predicted octanol–water partition coefficient (Wildman–Crippen LogP) is 15.4. The van der Waals surface area contributed by atoms with Gasteiger partial charge in [-0.1, -0.05) is 151 Å². The fraction of sp³-hybridized carbons (Fsp3) is 0.0182. The summed E-state index contributed by atoms with van der Waals surface area (Å²) in [6.07, 6.45) is 0. The van der Waals surface area contributed by atoms with Crippen molar-refractivity contribution in [3.8, 4) is 16.8 Å². The minimum Gasteiger partial charge on any atom is -0.310 e. The zero-order valence-corrected chi connectivity index (χ0v) is 33.5. The van der Waals surface area contributed by atoms with Gasteiger partial charge in [-0.05, 0) is 100 Å². The van der Waals surface area contributed by atoms with Crippen molar-refractivity contribution < 1.29 is 0 Å². The maximum atomic E-state index is 2.52. The molecule has 4 heterocycles. The minimum atomic E-state index is -0.521. The molecule has 0 amide bonds. The Kier molecular flexibility index (Phi) is 7.07. The second-order valence-corrected chi connectivity index (χ2v) is 17.8. The highest BCUT2D eigenvalue weighted by molar-refractivity contribution is 7.99. The van der Waals surface area contributed by atoms with Crippen LogP contribution >= 0.6 is 23.1 Å². The summed E-state index contributed by atoms with van der Waals surface area (Å²) in [5.41, 5.74) is 14.4. The molecular weight excluding hydrogens is 753 g/mol. The average Bonchev–Trinajstić information content (AvgIpc) is 3.85. The summed E-state index contributed by atoms with van der Waals surface area (Å²) in [5, 5.41) is 5.17. The average molecular weight is 787 g/mol. The van der Waals surface area contributed by atoms with E-state index in [1.807, 2.05) is 23.1 Å². The topological polar surface area (TPSA) is 8.17 Å². The molecule has 2 aromatic heterocycles. The Hall–Kier alpha value is -6.85. The number of nitrogens with zero attached hydrogens (tertiary/aromatic N) is 2. The quantitative estimate of drug-likeness (QED) is 0.176. The van der Waals surface area contributed by atoms with Crippen molar-refractivity contribution in [3.05, 3.63) is 229 Å². The van der Waals surface area contributed by atoms with Crippen LogP contribution in [0.5, 0.6) is 0 Å². The molecule has 9 aromatic carbocycles. The first kappa shape index (κ1) is 33.2. The van der Waals surface area contributed by atoms with E-state index in [9.17, 15) is 0 Å². The van der Waals surface area contributed by atoms with E-state index in [1.54, 1.807) is 0 Å². The van der Waals surface area contributed by atoms with Crippen molar-refractivity contribution in [1.82, 2.24) is 4.57 Å². The second-order valence-electron chi connectivity index (χ2n) is 15.6. The monoisotopic (exact) mass is 786 g/mol. The van der Waals surface area contributed by atoms with Crippen LogP contribution in [0.1, 0.15) is 22.3 Å². The summed E-state index contributed by atoms with van der Waals surface area (Å²) >= 11 is 3.76. The molecule has 4 heteroatoms. The van der Waals surface area contributed by atoms with Gasteiger partial charge >= 0.3 is 0 Å². The van der Waals surface area contributed by atoms with Crippen molar-refractivity contribution in [2.45, 2.75) is 15.2 Å². The van der Waals surface area contributed by atoms with Crippen LogP contribution in [0.3, 0.4) is 0 Å². The van der Waals surface area contributed by atoms with Crippen LogP contribution in [0, 0.1) is 0 Å². The summed E-state index contributed by atoms with van der Waals surface area (Å²) < 4.78 is 5.13. The lowest BCUT2D eigenvalue weighted by Crippen LogP contribution is -2.37. The van der Waals surface area contributed by atoms with Gasteiger partial charge in [-0.2, -0.15) is 0 Å². The van der Waals surface area contributed by atoms with E-state index in [4.69, 9.17) is 0 Å². The largest absolute Gasteiger partial charge is 0.310 e. The molecular formula is C55H34N2S2. The normalized spacial score (nSPS) is 15.1. The number of fused-ring (bicyclic) bond motifs is 14.